The Morgan fingerprint density at radius 3 is 2.50 bits per heavy atom. The van der Waals surface area contributed by atoms with E-state index in [4.69, 9.17) is 11.6 Å². The van der Waals surface area contributed by atoms with E-state index in [1.807, 2.05) is 47.4 Å². The maximum Gasteiger partial charge on any atom is 0.246 e. The first-order valence-electron chi connectivity index (χ1n) is 8.72. The van der Waals surface area contributed by atoms with Crippen molar-refractivity contribution in [1.29, 1.82) is 0 Å². The van der Waals surface area contributed by atoms with Gasteiger partial charge in [0.1, 0.15) is 5.82 Å². The van der Waals surface area contributed by atoms with Gasteiger partial charge in [-0.15, -0.1) is 0 Å². The fourth-order valence-electron chi connectivity index (χ4n) is 3.19. The molecule has 5 heteroatoms. The van der Waals surface area contributed by atoms with Crippen molar-refractivity contribution in [1.82, 2.24) is 9.80 Å². The van der Waals surface area contributed by atoms with Gasteiger partial charge in [0.05, 0.1) is 0 Å². The van der Waals surface area contributed by atoms with Gasteiger partial charge in [0.15, 0.2) is 0 Å². The van der Waals surface area contributed by atoms with Gasteiger partial charge in [-0.25, -0.2) is 4.39 Å². The summed E-state index contributed by atoms with van der Waals surface area (Å²) >= 11 is 5.87. The van der Waals surface area contributed by atoms with Crippen LogP contribution in [0.25, 0.3) is 6.08 Å². The number of benzene rings is 2. The van der Waals surface area contributed by atoms with Crippen LogP contribution in [0.3, 0.4) is 0 Å². The molecular formula is C21H22ClFN2O. The van der Waals surface area contributed by atoms with Crippen molar-refractivity contribution in [3.63, 3.8) is 0 Å². The van der Waals surface area contributed by atoms with Crippen LogP contribution >= 0.6 is 11.6 Å². The van der Waals surface area contributed by atoms with Gasteiger partial charge in [-0.05, 0) is 48.4 Å². The summed E-state index contributed by atoms with van der Waals surface area (Å²) in [5, 5.41) is 0.680. The summed E-state index contributed by atoms with van der Waals surface area (Å²) in [4.78, 5) is 16.7. The predicted octanol–water partition coefficient (Wildman–Crippen LogP) is 4.23. The second kappa shape index (κ2) is 8.47. The topological polar surface area (TPSA) is 23.6 Å². The lowest BCUT2D eigenvalue weighted by Crippen LogP contribution is -2.53. The molecule has 0 spiro atoms. The molecule has 0 aromatic heterocycles. The molecule has 2 aromatic rings. The number of nitrogens with zero attached hydrogens (tertiary/aromatic N) is 2. The van der Waals surface area contributed by atoms with E-state index in [9.17, 15) is 9.18 Å². The molecule has 1 fully saturated rings. The highest BCUT2D eigenvalue weighted by atomic mass is 35.5. The fourth-order valence-corrected chi connectivity index (χ4v) is 3.32. The Morgan fingerprint density at radius 2 is 1.85 bits per heavy atom. The Hall–Kier alpha value is -2.17. The molecular weight excluding hydrogens is 351 g/mol. The molecule has 0 saturated carbocycles. The van der Waals surface area contributed by atoms with Gasteiger partial charge in [0.25, 0.3) is 0 Å². The smallest absolute Gasteiger partial charge is 0.246 e. The summed E-state index contributed by atoms with van der Waals surface area (Å²) in [6.07, 6.45) is 3.44. The number of hydrogen-bond donors (Lipinski definition) is 0. The highest BCUT2D eigenvalue weighted by Gasteiger charge is 2.26. The maximum absolute atomic E-state index is 13.0. The van der Waals surface area contributed by atoms with Gasteiger partial charge in [-0.1, -0.05) is 35.9 Å². The molecule has 26 heavy (non-hydrogen) atoms. The van der Waals surface area contributed by atoms with Crippen LogP contribution in [0, 0.1) is 5.82 Å². The van der Waals surface area contributed by atoms with Crippen LogP contribution in [0.1, 0.15) is 18.1 Å². The normalized spacial score (nSPS) is 18.4. The lowest BCUT2D eigenvalue weighted by Gasteiger charge is -2.39. The van der Waals surface area contributed by atoms with Crippen molar-refractivity contribution in [2.24, 2.45) is 0 Å². The third-order valence-electron chi connectivity index (χ3n) is 4.60. The number of piperazine rings is 1. The number of carbonyl (C=O) groups is 1. The Balaban J connectivity index is 1.55. The summed E-state index contributed by atoms with van der Waals surface area (Å²) in [5.74, 6) is -0.195. The fraction of sp³-hybridized carbons (Fsp3) is 0.286. The van der Waals surface area contributed by atoms with Crippen LogP contribution in [0.2, 0.25) is 5.02 Å². The van der Waals surface area contributed by atoms with E-state index in [0.29, 0.717) is 11.6 Å². The standard InChI is InChI=1S/C21H22ClFN2O/c1-16-14-24(15-18-4-9-20(23)10-5-18)12-13-25(16)21(26)11-6-17-2-7-19(22)8-3-17/h2-11,16H,12-15H2,1H3/b11-6+/t16-/m1/s1. The van der Waals surface area contributed by atoms with Crippen LogP contribution in [0.5, 0.6) is 0 Å². The van der Waals surface area contributed by atoms with Gasteiger partial charge in [-0.3, -0.25) is 9.69 Å². The van der Waals surface area contributed by atoms with E-state index in [1.54, 1.807) is 6.08 Å². The third kappa shape index (κ3) is 4.93. The average molecular weight is 373 g/mol. The number of carbonyl (C=O) groups excluding carboxylic acids is 1. The number of amides is 1. The van der Waals surface area contributed by atoms with Crippen LogP contribution in [-0.2, 0) is 11.3 Å². The molecule has 3 nitrogen and oxygen atoms in total. The van der Waals surface area contributed by atoms with E-state index in [-0.39, 0.29) is 17.8 Å². The molecule has 1 heterocycles. The summed E-state index contributed by atoms with van der Waals surface area (Å²) in [6, 6.07) is 14.1. The zero-order valence-corrected chi connectivity index (χ0v) is 15.5. The minimum Gasteiger partial charge on any atom is -0.334 e. The van der Waals surface area contributed by atoms with E-state index in [2.05, 4.69) is 11.8 Å². The third-order valence-corrected chi connectivity index (χ3v) is 4.85. The zero-order valence-electron chi connectivity index (χ0n) is 14.7. The molecule has 2 aromatic carbocycles. The Morgan fingerprint density at radius 1 is 1.15 bits per heavy atom. The first-order chi connectivity index (χ1) is 12.5. The number of hydrogen-bond acceptors (Lipinski definition) is 2. The van der Waals surface area contributed by atoms with E-state index >= 15 is 0 Å². The predicted molar refractivity (Wildman–Crippen MR) is 103 cm³/mol. The van der Waals surface area contributed by atoms with E-state index < -0.39 is 0 Å². The van der Waals surface area contributed by atoms with Crippen LogP contribution < -0.4 is 0 Å². The van der Waals surface area contributed by atoms with Gasteiger partial charge in [0, 0.05) is 43.3 Å². The van der Waals surface area contributed by atoms with Crippen molar-refractivity contribution in [3.05, 3.63) is 76.6 Å². The largest absolute Gasteiger partial charge is 0.334 e. The first-order valence-corrected chi connectivity index (χ1v) is 9.10. The maximum atomic E-state index is 13.0. The minimum absolute atomic E-state index is 0.0221. The summed E-state index contributed by atoms with van der Waals surface area (Å²) in [7, 11) is 0. The van der Waals surface area contributed by atoms with E-state index in [0.717, 1.165) is 30.8 Å². The molecule has 1 amide bonds. The monoisotopic (exact) mass is 372 g/mol. The highest BCUT2D eigenvalue weighted by molar-refractivity contribution is 6.30. The second-order valence-corrected chi connectivity index (χ2v) is 7.06. The molecule has 1 saturated heterocycles. The first kappa shape index (κ1) is 18.6. The number of halogens is 2. The van der Waals surface area contributed by atoms with Crippen LogP contribution in [-0.4, -0.2) is 41.4 Å². The van der Waals surface area contributed by atoms with Crippen LogP contribution in [0.15, 0.2) is 54.6 Å². The molecule has 1 atom stereocenters. The van der Waals surface area contributed by atoms with Crippen molar-refractivity contribution < 1.29 is 9.18 Å². The average Bonchev–Trinajstić information content (AvgIpc) is 2.63. The summed E-state index contributed by atoms with van der Waals surface area (Å²) in [5.41, 5.74) is 2.03. The molecule has 0 radical (unpaired) electrons. The molecule has 0 unspecified atom stereocenters. The van der Waals surface area contributed by atoms with Gasteiger partial charge in [-0.2, -0.15) is 0 Å². The molecule has 136 valence electrons. The van der Waals surface area contributed by atoms with Crippen molar-refractivity contribution in [2.75, 3.05) is 19.6 Å². The quantitative estimate of drug-likeness (QED) is 0.750. The lowest BCUT2D eigenvalue weighted by molar-refractivity contribution is -0.130. The summed E-state index contributed by atoms with van der Waals surface area (Å²) in [6.45, 7) is 5.13. The second-order valence-electron chi connectivity index (χ2n) is 6.63. The Kier molecular flexibility index (Phi) is 6.07. The SMILES string of the molecule is C[C@@H]1CN(Cc2ccc(F)cc2)CCN1C(=O)/C=C/c1ccc(Cl)cc1. The zero-order chi connectivity index (χ0) is 18.5. The molecule has 0 aliphatic carbocycles. The minimum atomic E-state index is -0.218. The van der Waals surface area contributed by atoms with Gasteiger partial charge < -0.3 is 4.90 Å². The molecule has 0 N–H and O–H groups in total. The van der Waals surface area contributed by atoms with Gasteiger partial charge in [0.2, 0.25) is 5.91 Å². The molecule has 3 rings (SSSR count). The molecule has 1 aliphatic heterocycles. The Labute approximate surface area is 158 Å². The summed E-state index contributed by atoms with van der Waals surface area (Å²) < 4.78 is 13.0. The lowest BCUT2D eigenvalue weighted by atomic mass is 10.1. The van der Waals surface area contributed by atoms with Gasteiger partial charge >= 0.3 is 0 Å². The van der Waals surface area contributed by atoms with E-state index in [1.165, 1.54) is 12.1 Å². The molecule has 0 bridgehead atoms. The Bertz CT molecular complexity index is 774. The number of rotatable bonds is 4. The highest BCUT2D eigenvalue weighted by Crippen LogP contribution is 2.15. The van der Waals surface area contributed by atoms with Crippen molar-refractivity contribution in [3.8, 4) is 0 Å². The van der Waals surface area contributed by atoms with Crippen LogP contribution in [0.4, 0.5) is 4.39 Å². The molecule has 1 aliphatic rings. The van der Waals surface area contributed by atoms with Crippen molar-refractivity contribution >= 4 is 23.6 Å². The van der Waals surface area contributed by atoms with Crippen molar-refractivity contribution in [2.45, 2.75) is 19.5 Å².